The molecule has 1 fully saturated rings. The molecule has 0 bridgehead atoms. The monoisotopic (exact) mass is 254 g/mol. The van der Waals surface area contributed by atoms with Crippen LogP contribution in [0.3, 0.4) is 0 Å². The van der Waals surface area contributed by atoms with Crippen LogP contribution in [0.4, 0.5) is 0 Å². The number of hydrogen-bond donors (Lipinski definition) is 3. The molecule has 0 aliphatic heterocycles. The summed E-state index contributed by atoms with van der Waals surface area (Å²) in [7, 11) is 0. The Morgan fingerprint density at radius 3 is 2.94 bits per heavy atom. The number of carbonyl (C=O) groups is 1. The second-order valence-corrected chi connectivity index (χ2v) is 4.58. The van der Waals surface area contributed by atoms with Gasteiger partial charge in [0, 0.05) is 12.6 Å². The molecule has 1 saturated carbocycles. The average molecular weight is 254 g/mol. The second kappa shape index (κ2) is 5.92. The molecule has 7 heteroatoms. The number of aromatic carboxylic acids is 1. The van der Waals surface area contributed by atoms with E-state index in [1.165, 1.54) is 10.9 Å². The van der Waals surface area contributed by atoms with E-state index >= 15 is 0 Å². The zero-order valence-corrected chi connectivity index (χ0v) is 10.1. The highest BCUT2D eigenvalue weighted by atomic mass is 16.4. The summed E-state index contributed by atoms with van der Waals surface area (Å²) in [6, 6.07) is 0.140. The number of hydrogen-bond acceptors (Lipinski definition) is 5. The predicted molar refractivity (Wildman–Crippen MR) is 63.2 cm³/mol. The number of aliphatic hydroxyl groups is 1. The third-order valence-electron chi connectivity index (χ3n) is 3.23. The Morgan fingerprint density at radius 1 is 1.50 bits per heavy atom. The van der Waals surface area contributed by atoms with Crippen LogP contribution in [0.5, 0.6) is 0 Å². The van der Waals surface area contributed by atoms with Gasteiger partial charge in [-0.25, -0.2) is 4.79 Å². The zero-order valence-electron chi connectivity index (χ0n) is 10.1. The third-order valence-corrected chi connectivity index (χ3v) is 3.23. The van der Waals surface area contributed by atoms with Crippen LogP contribution in [0.2, 0.25) is 0 Å². The summed E-state index contributed by atoms with van der Waals surface area (Å²) in [5.74, 6) is -1.07. The Morgan fingerprint density at radius 2 is 2.28 bits per heavy atom. The van der Waals surface area contributed by atoms with Crippen molar-refractivity contribution in [3.8, 4) is 0 Å². The van der Waals surface area contributed by atoms with E-state index in [0.717, 1.165) is 25.7 Å². The number of aliphatic hydroxyl groups excluding tert-OH is 1. The first-order valence-electron chi connectivity index (χ1n) is 6.21. The molecule has 1 aliphatic carbocycles. The fourth-order valence-electron chi connectivity index (χ4n) is 2.22. The van der Waals surface area contributed by atoms with Gasteiger partial charge in [0.15, 0.2) is 5.69 Å². The molecule has 100 valence electrons. The quantitative estimate of drug-likeness (QED) is 0.676. The van der Waals surface area contributed by atoms with Crippen molar-refractivity contribution >= 4 is 5.97 Å². The van der Waals surface area contributed by atoms with Crippen molar-refractivity contribution in [3.63, 3.8) is 0 Å². The second-order valence-electron chi connectivity index (χ2n) is 4.58. The lowest BCUT2D eigenvalue weighted by Crippen LogP contribution is -2.43. The summed E-state index contributed by atoms with van der Waals surface area (Å²) >= 11 is 0. The largest absolute Gasteiger partial charge is 0.476 e. The molecule has 1 heterocycles. The molecular weight excluding hydrogens is 236 g/mol. The molecule has 7 nitrogen and oxygen atoms in total. The van der Waals surface area contributed by atoms with E-state index in [9.17, 15) is 9.90 Å². The summed E-state index contributed by atoms with van der Waals surface area (Å²) in [4.78, 5) is 10.6. The van der Waals surface area contributed by atoms with Crippen molar-refractivity contribution in [2.75, 3.05) is 6.54 Å². The minimum Gasteiger partial charge on any atom is -0.476 e. The number of carboxylic acids is 1. The minimum atomic E-state index is -1.07. The van der Waals surface area contributed by atoms with Crippen LogP contribution in [0.15, 0.2) is 6.20 Å². The lowest BCUT2D eigenvalue weighted by molar-refractivity contribution is 0.0690. The van der Waals surface area contributed by atoms with E-state index in [1.54, 1.807) is 0 Å². The van der Waals surface area contributed by atoms with Gasteiger partial charge in [-0.3, -0.25) is 4.68 Å². The third kappa shape index (κ3) is 3.27. The van der Waals surface area contributed by atoms with Gasteiger partial charge in [0.2, 0.25) is 0 Å². The molecule has 18 heavy (non-hydrogen) atoms. The Bertz CT molecular complexity index is 407. The van der Waals surface area contributed by atoms with Gasteiger partial charge in [-0.1, -0.05) is 18.1 Å². The maximum absolute atomic E-state index is 10.6. The molecule has 1 aromatic rings. The molecule has 0 spiro atoms. The normalized spacial score (nSPS) is 24.1. The fraction of sp³-hybridized carbons (Fsp3) is 0.727. The first-order valence-corrected chi connectivity index (χ1v) is 6.21. The minimum absolute atomic E-state index is 0.0484. The first kappa shape index (κ1) is 13.0. The summed E-state index contributed by atoms with van der Waals surface area (Å²) in [6.07, 6.45) is 5.19. The van der Waals surface area contributed by atoms with E-state index in [2.05, 4.69) is 15.6 Å². The highest BCUT2D eigenvalue weighted by molar-refractivity contribution is 5.84. The molecular formula is C11H18N4O3. The number of rotatable bonds is 5. The molecule has 3 N–H and O–H groups in total. The molecule has 0 radical (unpaired) electrons. The molecule has 2 atom stereocenters. The Labute approximate surface area is 105 Å². The highest BCUT2D eigenvalue weighted by Crippen LogP contribution is 2.17. The van der Waals surface area contributed by atoms with Crippen LogP contribution >= 0.6 is 0 Å². The van der Waals surface area contributed by atoms with Crippen molar-refractivity contribution in [2.45, 2.75) is 44.4 Å². The lowest BCUT2D eigenvalue weighted by atomic mass is 9.93. The van der Waals surface area contributed by atoms with E-state index < -0.39 is 5.97 Å². The maximum atomic E-state index is 10.6. The van der Waals surface area contributed by atoms with Crippen molar-refractivity contribution in [2.24, 2.45) is 0 Å². The SMILES string of the molecule is O=C(O)c1cn(CCNC2CCCCC2O)nn1. The first-order chi connectivity index (χ1) is 8.66. The number of carboxylic acid groups (broad SMARTS) is 1. The van der Waals surface area contributed by atoms with Gasteiger partial charge in [0.1, 0.15) is 0 Å². The van der Waals surface area contributed by atoms with E-state index in [0.29, 0.717) is 13.1 Å². The van der Waals surface area contributed by atoms with Gasteiger partial charge in [-0.05, 0) is 12.8 Å². The van der Waals surface area contributed by atoms with Crippen molar-refractivity contribution < 1.29 is 15.0 Å². The van der Waals surface area contributed by atoms with E-state index in [4.69, 9.17) is 5.11 Å². The van der Waals surface area contributed by atoms with Crippen LogP contribution in [-0.2, 0) is 6.54 Å². The zero-order chi connectivity index (χ0) is 13.0. The summed E-state index contributed by atoms with van der Waals surface area (Å²) < 4.78 is 1.49. The topological polar surface area (TPSA) is 100 Å². The standard InChI is InChI=1S/C11H18N4O3/c16-10-4-2-1-3-8(10)12-5-6-15-7-9(11(17)18)13-14-15/h7-8,10,12,16H,1-6H2,(H,17,18). The van der Waals surface area contributed by atoms with Crippen LogP contribution in [0.1, 0.15) is 36.2 Å². The van der Waals surface area contributed by atoms with Crippen molar-refractivity contribution in [3.05, 3.63) is 11.9 Å². The summed E-state index contributed by atoms with van der Waals surface area (Å²) in [5.41, 5.74) is -0.0484. The van der Waals surface area contributed by atoms with Crippen LogP contribution in [-0.4, -0.2) is 49.9 Å². The van der Waals surface area contributed by atoms with Crippen LogP contribution in [0, 0.1) is 0 Å². The number of nitrogens with one attached hydrogen (secondary N) is 1. The lowest BCUT2D eigenvalue weighted by Gasteiger charge is -2.28. The Hall–Kier alpha value is -1.47. The molecule has 0 amide bonds. The molecule has 1 aromatic heterocycles. The van der Waals surface area contributed by atoms with E-state index in [-0.39, 0.29) is 17.8 Å². The smallest absolute Gasteiger partial charge is 0.358 e. The van der Waals surface area contributed by atoms with Crippen LogP contribution < -0.4 is 5.32 Å². The van der Waals surface area contributed by atoms with Gasteiger partial charge < -0.3 is 15.5 Å². The Balaban J connectivity index is 1.75. The predicted octanol–water partition coefficient (Wildman–Crippen LogP) is -0.131. The molecule has 0 saturated heterocycles. The van der Waals surface area contributed by atoms with Crippen molar-refractivity contribution in [1.82, 2.24) is 20.3 Å². The van der Waals surface area contributed by atoms with Crippen molar-refractivity contribution in [1.29, 1.82) is 0 Å². The average Bonchev–Trinajstić information content (AvgIpc) is 2.80. The number of aromatic nitrogens is 3. The molecule has 2 rings (SSSR count). The van der Waals surface area contributed by atoms with E-state index in [1.807, 2.05) is 0 Å². The molecule has 1 aliphatic rings. The van der Waals surface area contributed by atoms with Gasteiger partial charge in [0.25, 0.3) is 0 Å². The van der Waals surface area contributed by atoms with Gasteiger partial charge in [0.05, 0.1) is 18.8 Å². The van der Waals surface area contributed by atoms with Gasteiger partial charge >= 0.3 is 5.97 Å². The van der Waals surface area contributed by atoms with Gasteiger partial charge in [-0.15, -0.1) is 5.10 Å². The molecule has 0 aromatic carbocycles. The van der Waals surface area contributed by atoms with Crippen LogP contribution in [0.25, 0.3) is 0 Å². The highest BCUT2D eigenvalue weighted by Gasteiger charge is 2.21. The summed E-state index contributed by atoms with van der Waals surface area (Å²) in [6.45, 7) is 1.19. The maximum Gasteiger partial charge on any atom is 0.358 e. The summed E-state index contributed by atoms with van der Waals surface area (Å²) in [5, 5.41) is 29.0. The molecule has 2 unspecified atom stereocenters. The Kier molecular flexibility index (Phi) is 4.27. The van der Waals surface area contributed by atoms with Gasteiger partial charge in [-0.2, -0.15) is 0 Å². The number of nitrogens with zero attached hydrogens (tertiary/aromatic N) is 3. The fourth-order valence-corrected chi connectivity index (χ4v) is 2.22.